The van der Waals surface area contributed by atoms with Crippen LogP contribution in [-0.4, -0.2) is 16.5 Å². The summed E-state index contributed by atoms with van der Waals surface area (Å²) in [5.74, 6) is -3.67. The van der Waals surface area contributed by atoms with Gasteiger partial charge in [-0.3, -0.25) is 0 Å². The fourth-order valence-electron chi connectivity index (χ4n) is 1.46. The number of nitrogens with one attached hydrogen (secondary N) is 2. The lowest BCUT2D eigenvalue weighted by molar-refractivity contribution is 0.448. The molecular weight excluding hydrogens is 293 g/mol. The maximum absolute atomic E-state index is 13.1. The van der Waals surface area contributed by atoms with Gasteiger partial charge < -0.3 is 10.6 Å². The first kappa shape index (κ1) is 14.4. The lowest BCUT2D eigenvalue weighted by atomic mass is 10.3. The van der Waals surface area contributed by atoms with E-state index >= 15 is 0 Å². The second-order valence-electron chi connectivity index (χ2n) is 3.80. The first-order chi connectivity index (χ1) is 9.51. The van der Waals surface area contributed by atoms with Crippen LogP contribution in [0.5, 0.6) is 0 Å². The molecule has 0 atom stereocenters. The molecule has 0 radical (unpaired) electrons. The van der Waals surface area contributed by atoms with Crippen molar-refractivity contribution in [2.24, 2.45) is 0 Å². The topological polar surface area (TPSA) is 49.8 Å². The van der Waals surface area contributed by atoms with Gasteiger partial charge in [-0.15, -0.1) is 0 Å². The average molecular weight is 303 g/mol. The van der Waals surface area contributed by atoms with Gasteiger partial charge in [0.2, 0.25) is 5.95 Å². The Bertz CT molecular complexity index is 613. The maximum Gasteiger partial charge on any atom is 0.224 e. The molecule has 0 aliphatic carbocycles. The summed E-state index contributed by atoms with van der Waals surface area (Å²) in [4.78, 5) is 7.95. The monoisotopic (exact) mass is 302 g/mol. The zero-order chi connectivity index (χ0) is 14.7. The Morgan fingerprint density at radius 1 is 1.20 bits per heavy atom. The molecule has 0 fully saturated rings. The van der Waals surface area contributed by atoms with Crippen molar-refractivity contribution in [2.75, 3.05) is 17.2 Å². The Morgan fingerprint density at radius 2 is 1.85 bits per heavy atom. The van der Waals surface area contributed by atoms with Gasteiger partial charge in [0.15, 0.2) is 23.3 Å². The molecule has 0 aliphatic heterocycles. The highest BCUT2D eigenvalue weighted by Crippen LogP contribution is 2.25. The van der Waals surface area contributed by atoms with E-state index in [1.807, 2.05) is 6.92 Å². The summed E-state index contributed by atoms with van der Waals surface area (Å²) in [5, 5.41) is 5.64. The number of nitrogens with zero attached hydrogens (tertiary/aromatic N) is 2. The summed E-state index contributed by atoms with van der Waals surface area (Å²) in [6.07, 6.45) is 1.34. The van der Waals surface area contributed by atoms with E-state index in [1.54, 1.807) is 0 Å². The summed E-state index contributed by atoms with van der Waals surface area (Å²) >= 11 is 5.88. The van der Waals surface area contributed by atoms with Gasteiger partial charge >= 0.3 is 0 Å². The van der Waals surface area contributed by atoms with Crippen molar-refractivity contribution in [1.29, 1.82) is 0 Å². The Hall–Kier alpha value is -2.02. The van der Waals surface area contributed by atoms with Crippen LogP contribution in [0.3, 0.4) is 0 Å². The molecule has 0 saturated heterocycles. The predicted octanol–water partition coefficient (Wildman–Crippen LogP) is 3.72. The molecule has 0 unspecified atom stereocenters. The van der Waals surface area contributed by atoms with Crippen molar-refractivity contribution in [1.82, 2.24) is 9.97 Å². The minimum absolute atomic E-state index is 0.00977. The standard InChI is InChI=1S/C12H10ClF3N4/c1-2-17-12-18-5-7(13)11(20-12)19-6-3-8(14)10(16)9(15)4-6/h3-5H,2H2,1H3,(H2,17,18,19,20). The van der Waals surface area contributed by atoms with E-state index in [1.165, 1.54) is 6.20 Å². The van der Waals surface area contributed by atoms with Gasteiger partial charge in [0.25, 0.3) is 0 Å². The van der Waals surface area contributed by atoms with Gasteiger partial charge in [0.1, 0.15) is 5.02 Å². The molecule has 106 valence electrons. The van der Waals surface area contributed by atoms with E-state index in [0.717, 1.165) is 12.1 Å². The van der Waals surface area contributed by atoms with Crippen LogP contribution in [0, 0.1) is 17.5 Å². The summed E-state index contributed by atoms with van der Waals surface area (Å²) < 4.78 is 39.1. The van der Waals surface area contributed by atoms with E-state index in [4.69, 9.17) is 11.6 Å². The van der Waals surface area contributed by atoms with E-state index in [0.29, 0.717) is 12.5 Å². The second kappa shape index (κ2) is 5.96. The molecule has 20 heavy (non-hydrogen) atoms. The second-order valence-corrected chi connectivity index (χ2v) is 4.21. The van der Waals surface area contributed by atoms with Crippen LogP contribution in [0.2, 0.25) is 5.02 Å². The van der Waals surface area contributed by atoms with Crippen LogP contribution in [0.1, 0.15) is 6.92 Å². The van der Waals surface area contributed by atoms with Gasteiger partial charge in [-0.05, 0) is 6.92 Å². The number of halogens is 4. The number of rotatable bonds is 4. The molecule has 4 nitrogen and oxygen atoms in total. The van der Waals surface area contributed by atoms with Gasteiger partial charge in [-0.1, -0.05) is 11.6 Å². The fraction of sp³-hybridized carbons (Fsp3) is 0.167. The van der Waals surface area contributed by atoms with E-state index in [2.05, 4.69) is 20.6 Å². The Labute approximate surface area is 118 Å². The third kappa shape index (κ3) is 3.11. The molecule has 2 aromatic rings. The van der Waals surface area contributed by atoms with E-state index in [-0.39, 0.29) is 16.5 Å². The Balaban J connectivity index is 2.32. The van der Waals surface area contributed by atoms with E-state index < -0.39 is 17.5 Å². The zero-order valence-corrected chi connectivity index (χ0v) is 11.1. The predicted molar refractivity (Wildman–Crippen MR) is 70.8 cm³/mol. The van der Waals surface area contributed by atoms with Crippen LogP contribution in [0.4, 0.5) is 30.6 Å². The molecular formula is C12H10ClF3N4. The minimum atomic E-state index is -1.53. The molecule has 0 saturated carbocycles. The molecule has 1 aromatic carbocycles. The third-order valence-corrected chi connectivity index (χ3v) is 2.60. The van der Waals surface area contributed by atoms with Crippen molar-refractivity contribution in [3.63, 3.8) is 0 Å². The van der Waals surface area contributed by atoms with Crippen LogP contribution in [-0.2, 0) is 0 Å². The minimum Gasteiger partial charge on any atom is -0.354 e. The van der Waals surface area contributed by atoms with Crippen molar-refractivity contribution >= 4 is 29.1 Å². The largest absolute Gasteiger partial charge is 0.354 e. The first-order valence-corrected chi connectivity index (χ1v) is 6.07. The number of hydrogen-bond donors (Lipinski definition) is 2. The Kier molecular flexibility index (Phi) is 4.29. The summed E-state index contributed by atoms with van der Waals surface area (Å²) in [6, 6.07) is 1.62. The molecule has 0 bridgehead atoms. The summed E-state index contributed by atoms with van der Waals surface area (Å²) in [7, 11) is 0. The molecule has 1 heterocycles. The molecule has 0 aliphatic rings. The quantitative estimate of drug-likeness (QED) is 0.845. The highest BCUT2D eigenvalue weighted by atomic mass is 35.5. The van der Waals surface area contributed by atoms with Gasteiger partial charge in [0.05, 0.1) is 6.20 Å². The van der Waals surface area contributed by atoms with Crippen molar-refractivity contribution in [2.45, 2.75) is 6.92 Å². The number of aromatic nitrogens is 2. The van der Waals surface area contributed by atoms with E-state index in [9.17, 15) is 13.2 Å². The number of hydrogen-bond acceptors (Lipinski definition) is 4. The first-order valence-electron chi connectivity index (χ1n) is 5.69. The van der Waals surface area contributed by atoms with Crippen molar-refractivity contribution < 1.29 is 13.2 Å². The van der Waals surface area contributed by atoms with Gasteiger partial charge in [0, 0.05) is 24.4 Å². The maximum atomic E-state index is 13.1. The lowest BCUT2D eigenvalue weighted by Crippen LogP contribution is -2.05. The SMILES string of the molecule is CCNc1ncc(Cl)c(Nc2cc(F)c(F)c(F)c2)n1. The fourth-order valence-corrected chi connectivity index (χ4v) is 1.60. The van der Waals surface area contributed by atoms with Crippen LogP contribution in [0.15, 0.2) is 18.3 Å². The molecule has 2 rings (SSSR count). The van der Waals surface area contributed by atoms with Crippen LogP contribution < -0.4 is 10.6 Å². The molecule has 0 spiro atoms. The molecule has 2 N–H and O–H groups in total. The highest BCUT2D eigenvalue weighted by Gasteiger charge is 2.12. The smallest absolute Gasteiger partial charge is 0.224 e. The molecule has 1 aromatic heterocycles. The number of anilines is 3. The third-order valence-electron chi connectivity index (χ3n) is 2.33. The summed E-state index contributed by atoms with van der Waals surface area (Å²) in [6.45, 7) is 2.46. The van der Waals surface area contributed by atoms with Crippen LogP contribution >= 0.6 is 11.6 Å². The summed E-state index contributed by atoms with van der Waals surface area (Å²) in [5.41, 5.74) is -0.00977. The highest BCUT2D eigenvalue weighted by molar-refractivity contribution is 6.32. The Morgan fingerprint density at radius 3 is 2.45 bits per heavy atom. The molecule has 8 heteroatoms. The van der Waals surface area contributed by atoms with Crippen molar-refractivity contribution in [3.8, 4) is 0 Å². The zero-order valence-electron chi connectivity index (χ0n) is 10.3. The van der Waals surface area contributed by atoms with Crippen LogP contribution in [0.25, 0.3) is 0 Å². The van der Waals surface area contributed by atoms with Crippen molar-refractivity contribution in [3.05, 3.63) is 40.8 Å². The molecule has 0 amide bonds. The number of benzene rings is 1. The lowest BCUT2D eigenvalue weighted by Gasteiger charge is -2.10. The van der Waals surface area contributed by atoms with Gasteiger partial charge in [-0.25, -0.2) is 18.2 Å². The van der Waals surface area contributed by atoms with Gasteiger partial charge in [-0.2, -0.15) is 4.98 Å². The normalized spacial score (nSPS) is 10.4. The average Bonchev–Trinajstić information content (AvgIpc) is 2.40.